The fourth-order valence-corrected chi connectivity index (χ4v) is 2.54. The van der Waals surface area contributed by atoms with Gasteiger partial charge in [-0.25, -0.2) is 9.78 Å². The van der Waals surface area contributed by atoms with Crippen molar-refractivity contribution in [3.05, 3.63) is 24.3 Å². The van der Waals surface area contributed by atoms with Crippen molar-refractivity contribution in [1.82, 2.24) is 15.6 Å². The zero-order chi connectivity index (χ0) is 18.9. The van der Waals surface area contributed by atoms with E-state index >= 15 is 0 Å². The Morgan fingerprint density at radius 2 is 2.04 bits per heavy atom. The Labute approximate surface area is 155 Å². The summed E-state index contributed by atoms with van der Waals surface area (Å²) in [6, 6.07) is 6.64. The maximum atomic E-state index is 11.7. The lowest BCUT2D eigenvalue weighted by Gasteiger charge is -2.08. The smallest absolute Gasteiger partial charge is 0.321 e. The molecule has 0 spiro atoms. The third-order valence-electron chi connectivity index (χ3n) is 3.21. The Hall–Kier alpha value is -2.55. The highest BCUT2D eigenvalue weighted by molar-refractivity contribution is 7.99. The number of hydrogen-bond donors (Lipinski definition) is 2. The van der Waals surface area contributed by atoms with Gasteiger partial charge in [0.15, 0.2) is 12.2 Å². The number of carbonyl (C=O) groups excluding carboxylic acids is 3. The molecule has 26 heavy (non-hydrogen) atoms. The lowest BCUT2D eigenvalue weighted by atomic mass is 10.1. The molecule has 0 aliphatic heterocycles. The molecule has 0 radical (unpaired) electrons. The van der Waals surface area contributed by atoms with Gasteiger partial charge in [-0.3, -0.25) is 14.9 Å². The molecule has 1 heterocycles. The molecule has 0 aliphatic carbocycles. The number of benzene rings is 1. The number of imide groups is 1. The van der Waals surface area contributed by atoms with Gasteiger partial charge in [0.05, 0.1) is 0 Å². The summed E-state index contributed by atoms with van der Waals surface area (Å²) in [5.74, 6) is -0.897. The van der Waals surface area contributed by atoms with Crippen LogP contribution in [0.25, 0.3) is 11.1 Å². The Bertz CT molecular complexity index is 742. The number of hydrogen-bond acceptors (Lipinski definition) is 7. The fourth-order valence-electron chi connectivity index (χ4n) is 1.90. The standard InChI is InChI=1S/C17H21N3O5S/c1-11(2)7-8-18-16(23)20-14(21)9-24-15(22)10-26-17-19-12-5-3-4-6-13(12)25-17/h3-6,11H,7-10H2,1-2H3,(H2,18,20,21,23). The lowest BCUT2D eigenvalue weighted by molar-refractivity contribution is -0.145. The number of carbonyl (C=O) groups is 3. The maximum absolute atomic E-state index is 11.7. The van der Waals surface area contributed by atoms with Crippen LogP contribution in [0.1, 0.15) is 20.3 Å². The number of thioether (sulfide) groups is 1. The zero-order valence-electron chi connectivity index (χ0n) is 14.6. The highest BCUT2D eigenvalue weighted by Crippen LogP contribution is 2.22. The Balaban J connectivity index is 1.64. The number of nitrogens with zero attached hydrogens (tertiary/aromatic N) is 1. The summed E-state index contributed by atoms with van der Waals surface area (Å²) in [4.78, 5) is 38.9. The van der Waals surface area contributed by atoms with Crippen molar-refractivity contribution < 1.29 is 23.5 Å². The van der Waals surface area contributed by atoms with Gasteiger partial charge >= 0.3 is 12.0 Å². The first-order chi connectivity index (χ1) is 12.4. The molecule has 0 aliphatic rings. The second-order valence-corrected chi connectivity index (χ2v) is 6.81. The summed E-state index contributed by atoms with van der Waals surface area (Å²) in [6.07, 6.45) is 0.809. The van der Waals surface area contributed by atoms with E-state index in [1.54, 1.807) is 12.1 Å². The fraction of sp³-hybridized carbons (Fsp3) is 0.412. The summed E-state index contributed by atoms with van der Waals surface area (Å²) in [5, 5.41) is 5.00. The van der Waals surface area contributed by atoms with Crippen LogP contribution >= 0.6 is 11.8 Å². The van der Waals surface area contributed by atoms with E-state index in [-0.39, 0.29) is 5.75 Å². The van der Waals surface area contributed by atoms with Crippen LogP contribution in [0.5, 0.6) is 0 Å². The molecule has 1 aromatic carbocycles. The Morgan fingerprint density at radius 3 is 2.77 bits per heavy atom. The number of rotatable bonds is 8. The van der Waals surface area contributed by atoms with Crippen LogP contribution in [0.3, 0.4) is 0 Å². The van der Waals surface area contributed by atoms with Crippen LogP contribution < -0.4 is 10.6 Å². The van der Waals surface area contributed by atoms with Crippen molar-refractivity contribution in [3.8, 4) is 0 Å². The molecule has 0 bridgehead atoms. The van der Waals surface area contributed by atoms with Gasteiger partial charge in [0.2, 0.25) is 0 Å². The third-order valence-corrected chi connectivity index (χ3v) is 4.01. The highest BCUT2D eigenvalue weighted by atomic mass is 32.2. The first-order valence-electron chi connectivity index (χ1n) is 8.15. The van der Waals surface area contributed by atoms with Crippen molar-refractivity contribution in [3.63, 3.8) is 0 Å². The summed E-state index contributed by atoms with van der Waals surface area (Å²) < 4.78 is 10.3. The van der Waals surface area contributed by atoms with E-state index < -0.39 is 24.5 Å². The molecule has 0 atom stereocenters. The summed E-state index contributed by atoms with van der Waals surface area (Å²) in [7, 11) is 0. The monoisotopic (exact) mass is 379 g/mol. The van der Waals surface area contributed by atoms with E-state index in [0.717, 1.165) is 18.2 Å². The molecule has 0 unspecified atom stereocenters. The average Bonchev–Trinajstić information content (AvgIpc) is 3.00. The second-order valence-electron chi connectivity index (χ2n) is 5.88. The quantitative estimate of drug-likeness (QED) is 0.535. The van der Waals surface area contributed by atoms with Gasteiger partial charge in [-0.15, -0.1) is 0 Å². The lowest BCUT2D eigenvalue weighted by Crippen LogP contribution is -2.42. The summed E-state index contributed by atoms with van der Waals surface area (Å²) >= 11 is 1.07. The van der Waals surface area contributed by atoms with Crippen LogP contribution in [0.4, 0.5) is 4.79 Å². The van der Waals surface area contributed by atoms with Gasteiger partial charge < -0.3 is 14.5 Å². The Kier molecular flexibility index (Phi) is 7.46. The number of aromatic nitrogens is 1. The van der Waals surface area contributed by atoms with Crippen LogP contribution in [0.2, 0.25) is 0 Å². The molecule has 0 saturated carbocycles. The second kappa shape index (κ2) is 9.81. The Morgan fingerprint density at radius 1 is 1.27 bits per heavy atom. The number of esters is 1. The van der Waals surface area contributed by atoms with Gasteiger partial charge in [-0.2, -0.15) is 0 Å². The van der Waals surface area contributed by atoms with Crippen molar-refractivity contribution in [2.75, 3.05) is 18.9 Å². The number of urea groups is 1. The van der Waals surface area contributed by atoms with Gasteiger partial charge in [-0.05, 0) is 24.5 Å². The number of ether oxygens (including phenoxy) is 1. The molecule has 0 fully saturated rings. The van der Waals surface area contributed by atoms with Crippen LogP contribution in [-0.4, -0.2) is 41.8 Å². The molecule has 2 N–H and O–H groups in total. The van der Waals surface area contributed by atoms with Gasteiger partial charge in [-0.1, -0.05) is 37.7 Å². The zero-order valence-corrected chi connectivity index (χ0v) is 15.4. The minimum absolute atomic E-state index is 0.0549. The molecule has 2 aromatic rings. The van der Waals surface area contributed by atoms with Gasteiger partial charge in [0.1, 0.15) is 11.3 Å². The van der Waals surface area contributed by atoms with E-state index in [0.29, 0.717) is 28.8 Å². The molecule has 0 saturated heterocycles. The molecular formula is C17H21N3O5S. The van der Waals surface area contributed by atoms with E-state index in [4.69, 9.17) is 9.15 Å². The predicted molar refractivity (Wildman–Crippen MR) is 96.7 cm³/mol. The molecular weight excluding hydrogens is 358 g/mol. The number of nitrogens with one attached hydrogen (secondary N) is 2. The van der Waals surface area contributed by atoms with E-state index in [2.05, 4.69) is 15.6 Å². The van der Waals surface area contributed by atoms with Crippen LogP contribution in [-0.2, 0) is 14.3 Å². The van der Waals surface area contributed by atoms with Crippen LogP contribution in [0.15, 0.2) is 33.9 Å². The minimum Gasteiger partial charge on any atom is -0.455 e. The topological polar surface area (TPSA) is 111 Å². The van der Waals surface area contributed by atoms with Crippen molar-refractivity contribution in [2.45, 2.75) is 25.5 Å². The molecule has 2 rings (SSSR count). The van der Waals surface area contributed by atoms with Crippen molar-refractivity contribution in [2.24, 2.45) is 5.92 Å². The first kappa shape index (κ1) is 19.8. The SMILES string of the molecule is CC(C)CCNC(=O)NC(=O)COC(=O)CSc1nc2ccccc2o1. The molecule has 3 amide bonds. The van der Waals surface area contributed by atoms with Crippen molar-refractivity contribution >= 4 is 40.8 Å². The first-order valence-corrected chi connectivity index (χ1v) is 9.14. The molecule has 1 aromatic heterocycles. The molecule has 140 valence electrons. The third kappa shape index (κ3) is 6.75. The number of amides is 3. The molecule has 8 nitrogen and oxygen atoms in total. The largest absolute Gasteiger partial charge is 0.455 e. The van der Waals surface area contributed by atoms with Gasteiger partial charge in [0.25, 0.3) is 11.1 Å². The van der Waals surface area contributed by atoms with E-state index in [1.807, 2.05) is 26.0 Å². The summed E-state index contributed by atoms with van der Waals surface area (Å²) in [6.45, 7) is 4.01. The highest BCUT2D eigenvalue weighted by Gasteiger charge is 2.13. The van der Waals surface area contributed by atoms with Crippen molar-refractivity contribution in [1.29, 1.82) is 0 Å². The number of oxazole rings is 1. The van der Waals surface area contributed by atoms with Crippen LogP contribution in [0, 0.1) is 5.92 Å². The molecule has 9 heteroatoms. The number of para-hydroxylation sites is 2. The van der Waals surface area contributed by atoms with E-state index in [1.165, 1.54) is 0 Å². The predicted octanol–water partition coefficient (Wildman–Crippen LogP) is 2.33. The number of fused-ring (bicyclic) bond motifs is 1. The normalized spacial score (nSPS) is 10.7. The minimum atomic E-state index is -0.688. The average molecular weight is 379 g/mol. The summed E-state index contributed by atoms with van der Waals surface area (Å²) in [5.41, 5.74) is 1.33. The maximum Gasteiger partial charge on any atom is 0.321 e. The van der Waals surface area contributed by atoms with E-state index in [9.17, 15) is 14.4 Å². The van der Waals surface area contributed by atoms with Gasteiger partial charge in [0, 0.05) is 6.54 Å².